The summed E-state index contributed by atoms with van der Waals surface area (Å²) in [4.78, 5) is 29.4. The van der Waals surface area contributed by atoms with Gasteiger partial charge in [0.2, 0.25) is 0 Å². The molecule has 0 saturated heterocycles. The summed E-state index contributed by atoms with van der Waals surface area (Å²) >= 11 is 6.61. The second-order valence-corrected chi connectivity index (χ2v) is 8.52. The van der Waals surface area contributed by atoms with E-state index in [-0.39, 0.29) is 6.61 Å². The normalized spacial score (nSPS) is 10.5. The Morgan fingerprint density at radius 2 is 2.00 bits per heavy atom. The summed E-state index contributed by atoms with van der Waals surface area (Å²) in [6.45, 7) is 1.61. The van der Waals surface area contributed by atoms with Crippen molar-refractivity contribution in [3.05, 3.63) is 74.6 Å². The predicted molar refractivity (Wildman–Crippen MR) is 116 cm³/mol. The molecule has 3 rings (SSSR count). The number of benzene rings is 2. The molecule has 1 N–H and O–H groups in total. The standard InChI is InChI=1S/C20H17BrN2O3S2/c1-13-2-7-18(17(21)8-13)23-19(24)9-26-20(25)14-3-5-16(6-4-14)28-11-15-10-27-12-22-15/h2-8,10,12H,9,11H2,1H3,(H,23,24). The summed E-state index contributed by atoms with van der Waals surface area (Å²) in [6, 6.07) is 12.7. The van der Waals surface area contributed by atoms with Crippen molar-refractivity contribution in [2.24, 2.45) is 0 Å². The highest BCUT2D eigenvalue weighted by molar-refractivity contribution is 9.10. The van der Waals surface area contributed by atoms with Crippen LogP contribution < -0.4 is 5.32 Å². The number of rotatable bonds is 7. The molecule has 0 radical (unpaired) electrons. The van der Waals surface area contributed by atoms with E-state index in [0.717, 1.165) is 26.4 Å². The van der Waals surface area contributed by atoms with Crippen molar-refractivity contribution in [1.29, 1.82) is 0 Å². The van der Waals surface area contributed by atoms with Gasteiger partial charge in [-0.2, -0.15) is 0 Å². The largest absolute Gasteiger partial charge is 0.452 e. The van der Waals surface area contributed by atoms with E-state index in [1.807, 2.05) is 42.1 Å². The second-order valence-electron chi connectivity index (χ2n) is 5.90. The Labute approximate surface area is 179 Å². The van der Waals surface area contributed by atoms with Gasteiger partial charge in [0, 0.05) is 20.5 Å². The molecule has 0 fully saturated rings. The molecule has 1 heterocycles. The molecule has 144 valence electrons. The molecular weight excluding hydrogens is 460 g/mol. The van der Waals surface area contributed by atoms with Crippen LogP contribution in [0, 0.1) is 6.92 Å². The molecule has 0 bridgehead atoms. The van der Waals surface area contributed by atoms with Crippen molar-refractivity contribution >= 4 is 56.6 Å². The highest BCUT2D eigenvalue weighted by Crippen LogP contribution is 2.24. The minimum atomic E-state index is -0.533. The summed E-state index contributed by atoms with van der Waals surface area (Å²) in [5.74, 6) is -0.148. The Hall–Kier alpha value is -2.16. The number of carbonyl (C=O) groups excluding carboxylic acids is 2. The molecule has 1 amide bonds. The average Bonchev–Trinajstić information content (AvgIpc) is 3.21. The number of ether oxygens (including phenoxy) is 1. The zero-order valence-electron chi connectivity index (χ0n) is 15.0. The van der Waals surface area contributed by atoms with Crippen LogP contribution in [0.5, 0.6) is 0 Å². The van der Waals surface area contributed by atoms with E-state index < -0.39 is 11.9 Å². The highest BCUT2D eigenvalue weighted by atomic mass is 79.9. The van der Waals surface area contributed by atoms with Gasteiger partial charge < -0.3 is 10.1 Å². The molecule has 3 aromatic rings. The van der Waals surface area contributed by atoms with Crippen molar-refractivity contribution in [1.82, 2.24) is 4.98 Å². The summed E-state index contributed by atoms with van der Waals surface area (Å²) in [5.41, 5.74) is 4.95. The number of aromatic nitrogens is 1. The molecule has 0 spiro atoms. The lowest BCUT2D eigenvalue weighted by atomic mass is 10.2. The van der Waals surface area contributed by atoms with Crippen molar-refractivity contribution in [3.8, 4) is 0 Å². The molecular formula is C20H17BrN2O3S2. The van der Waals surface area contributed by atoms with Crippen LogP contribution in [-0.2, 0) is 15.3 Å². The average molecular weight is 477 g/mol. The van der Waals surface area contributed by atoms with E-state index >= 15 is 0 Å². The van der Waals surface area contributed by atoms with Gasteiger partial charge in [0.25, 0.3) is 5.91 Å². The van der Waals surface area contributed by atoms with Crippen LogP contribution in [0.2, 0.25) is 0 Å². The smallest absolute Gasteiger partial charge is 0.338 e. The van der Waals surface area contributed by atoms with Crippen molar-refractivity contribution < 1.29 is 14.3 Å². The number of hydrogen-bond acceptors (Lipinski definition) is 6. The number of amides is 1. The molecule has 0 aliphatic heterocycles. The first-order valence-electron chi connectivity index (χ1n) is 8.34. The lowest BCUT2D eigenvalue weighted by Crippen LogP contribution is -2.21. The van der Waals surface area contributed by atoms with Crippen LogP contribution in [0.15, 0.2) is 62.7 Å². The van der Waals surface area contributed by atoms with E-state index in [4.69, 9.17) is 4.74 Å². The fraction of sp³-hybridized carbons (Fsp3) is 0.150. The number of nitrogens with one attached hydrogen (secondary N) is 1. The van der Waals surface area contributed by atoms with Crippen LogP contribution in [0.4, 0.5) is 5.69 Å². The van der Waals surface area contributed by atoms with Gasteiger partial charge in [-0.3, -0.25) is 4.79 Å². The third kappa shape index (κ3) is 5.92. The zero-order valence-corrected chi connectivity index (χ0v) is 18.2. The SMILES string of the molecule is Cc1ccc(NC(=O)COC(=O)c2ccc(SCc3cscn3)cc2)c(Br)c1. The minimum Gasteiger partial charge on any atom is -0.452 e. The molecule has 0 saturated carbocycles. The highest BCUT2D eigenvalue weighted by Gasteiger charge is 2.12. The van der Waals surface area contributed by atoms with Gasteiger partial charge in [0.1, 0.15) is 0 Å². The van der Waals surface area contributed by atoms with Gasteiger partial charge in [-0.25, -0.2) is 9.78 Å². The van der Waals surface area contributed by atoms with Gasteiger partial charge in [0.05, 0.1) is 22.5 Å². The summed E-state index contributed by atoms with van der Waals surface area (Å²) < 4.78 is 5.88. The molecule has 0 aliphatic carbocycles. The maximum atomic E-state index is 12.1. The van der Waals surface area contributed by atoms with Crippen molar-refractivity contribution in [2.75, 3.05) is 11.9 Å². The first-order chi connectivity index (χ1) is 13.5. The molecule has 0 atom stereocenters. The number of anilines is 1. The zero-order chi connectivity index (χ0) is 19.9. The number of carbonyl (C=O) groups is 2. The fourth-order valence-electron chi connectivity index (χ4n) is 2.28. The molecule has 5 nitrogen and oxygen atoms in total. The fourth-order valence-corrected chi connectivity index (χ4v) is 4.33. The molecule has 0 aliphatic rings. The van der Waals surface area contributed by atoms with E-state index in [1.54, 1.807) is 41.3 Å². The lowest BCUT2D eigenvalue weighted by molar-refractivity contribution is -0.119. The number of aryl methyl sites for hydroxylation is 1. The Morgan fingerprint density at radius 1 is 1.21 bits per heavy atom. The predicted octanol–water partition coefficient (Wildman–Crippen LogP) is 5.30. The Kier molecular flexibility index (Phi) is 7.24. The Balaban J connectivity index is 1.48. The summed E-state index contributed by atoms with van der Waals surface area (Å²) in [5, 5.41) is 4.72. The maximum absolute atomic E-state index is 12.1. The van der Waals surface area contributed by atoms with Crippen molar-refractivity contribution in [2.45, 2.75) is 17.6 Å². The van der Waals surface area contributed by atoms with Crippen LogP contribution in [0.1, 0.15) is 21.6 Å². The van der Waals surface area contributed by atoms with Gasteiger partial charge >= 0.3 is 5.97 Å². The number of hydrogen-bond donors (Lipinski definition) is 1. The van der Waals surface area contributed by atoms with Gasteiger partial charge in [-0.15, -0.1) is 23.1 Å². The molecule has 1 aromatic heterocycles. The van der Waals surface area contributed by atoms with Crippen LogP contribution >= 0.6 is 39.0 Å². The molecule has 28 heavy (non-hydrogen) atoms. The van der Waals surface area contributed by atoms with E-state index in [9.17, 15) is 9.59 Å². The first kappa shape index (κ1) is 20.6. The van der Waals surface area contributed by atoms with Gasteiger partial charge in [-0.1, -0.05) is 6.07 Å². The van der Waals surface area contributed by atoms with E-state index in [2.05, 4.69) is 26.2 Å². The first-order valence-corrected chi connectivity index (χ1v) is 11.1. The lowest BCUT2D eigenvalue weighted by Gasteiger charge is -2.09. The molecule has 0 unspecified atom stereocenters. The van der Waals surface area contributed by atoms with Crippen LogP contribution in [-0.4, -0.2) is 23.5 Å². The van der Waals surface area contributed by atoms with Gasteiger partial charge in [0.15, 0.2) is 6.61 Å². The number of thiazole rings is 1. The quantitative estimate of drug-likeness (QED) is 0.370. The Bertz CT molecular complexity index is 960. The third-order valence-electron chi connectivity index (χ3n) is 3.69. The Morgan fingerprint density at radius 3 is 2.68 bits per heavy atom. The summed E-state index contributed by atoms with van der Waals surface area (Å²) in [6.07, 6.45) is 0. The number of halogens is 1. The van der Waals surface area contributed by atoms with Crippen molar-refractivity contribution in [3.63, 3.8) is 0 Å². The minimum absolute atomic E-state index is 0.348. The van der Waals surface area contributed by atoms with E-state index in [1.165, 1.54) is 0 Å². The number of thioether (sulfide) groups is 1. The van der Waals surface area contributed by atoms with E-state index in [0.29, 0.717) is 11.3 Å². The third-order valence-corrected chi connectivity index (χ3v) is 6.03. The summed E-state index contributed by atoms with van der Waals surface area (Å²) in [7, 11) is 0. The molecule has 8 heteroatoms. The van der Waals surface area contributed by atoms with Crippen LogP contribution in [0.25, 0.3) is 0 Å². The van der Waals surface area contributed by atoms with Crippen LogP contribution in [0.3, 0.4) is 0 Å². The second kappa shape index (κ2) is 9.86. The maximum Gasteiger partial charge on any atom is 0.338 e. The van der Waals surface area contributed by atoms with Gasteiger partial charge in [-0.05, 0) is 64.8 Å². The monoisotopic (exact) mass is 476 g/mol. The topological polar surface area (TPSA) is 68.3 Å². The molecule has 2 aromatic carbocycles. The number of nitrogens with zero attached hydrogens (tertiary/aromatic N) is 1. The number of esters is 1.